The average molecular weight is 701 g/mol. The number of aliphatic hydroxyl groups excluding tert-OH is 1. The normalized spacial score (nSPS) is 12.6. The zero-order chi connectivity index (χ0) is 36.4. The Kier molecular flexibility index (Phi) is 39.5. The third kappa shape index (κ3) is 38.7. The molecule has 0 saturated carbocycles. The van der Waals surface area contributed by atoms with Crippen LogP contribution in [0.5, 0.6) is 0 Å². The van der Waals surface area contributed by atoms with E-state index in [-0.39, 0.29) is 25.2 Å². The molecule has 0 saturated heterocycles. The smallest absolute Gasteiger partial charge is 0.306 e. The van der Waals surface area contributed by atoms with Crippen molar-refractivity contribution in [1.82, 2.24) is 0 Å². The lowest BCUT2D eigenvalue weighted by Gasteiger charge is -2.15. The first-order valence-electron chi connectivity index (χ1n) is 21.2. The molecule has 0 rings (SSSR count). The number of ether oxygens (including phenoxy) is 2. The number of allylic oxidation sites excluding steroid dienone is 8. The van der Waals surface area contributed by atoms with Gasteiger partial charge in [-0.1, -0.05) is 165 Å². The van der Waals surface area contributed by atoms with Crippen LogP contribution < -0.4 is 0 Å². The number of hydrogen-bond acceptors (Lipinski definition) is 5. The first kappa shape index (κ1) is 47.9. The van der Waals surface area contributed by atoms with Gasteiger partial charge < -0.3 is 14.6 Å². The summed E-state index contributed by atoms with van der Waals surface area (Å²) in [6, 6.07) is 0. The molecule has 1 N–H and O–H groups in total. The number of aliphatic hydroxyl groups is 1. The third-order valence-corrected chi connectivity index (χ3v) is 9.10. The van der Waals surface area contributed by atoms with Crippen molar-refractivity contribution in [3.63, 3.8) is 0 Å². The molecule has 0 aromatic rings. The second-order valence-electron chi connectivity index (χ2n) is 14.1. The van der Waals surface area contributed by atoms with Crippen LogP contribution >= 0.6 is 0 Å². The summed E-state index contributed by atoms with van der Waals surface area (Å²) in [4.78, 5) is 24.3. The van der Waals surface area contributed by atoms with Crippen molar-refractivity contribution in [2.75, 3.05) is 13.2 Å². The summed E-state index contributed by atoms with van der Waals surface area (Å²) >= 11 is 0. The van der Waals surface area contributed by atoms with E-state index in [0.29, 0.717) is 12.8 Å². The molecule has 0 aliphatic carbocycles. The highest BCUT2D eigenvalue weighted by atomic mass is 16.6. The van der Waals surface area contributed by atoms with Crippen LogP contribution in [-0.4, -0.2) is 36.4 Å². The van der Waals surface area contributed by atoms with Crippen molar-refractivity contribution in [2.45, 2.75) is 213 Å². The van der Waals surface area contributed by atoms with Crippen LogP contribution in [0.2, 0.25) is 0 Å². The van der Waals surface area contributed by atoms with Crippen LogP contribution in [-0.2, 0) is 19.1 Å². The Labute approximate surface area is 309 Å². The van der Waals surface area contributed by atoms with Crippen molar-refractivity contribution in [1.29, 1.82) is 0 Å². The maximum Gasteiger partial charge on any atom is 0.306 e. The third-order valence-electron chi connectivity index (χ3n) is 9.10. The van der Waals surface area contributed by atoms with Crippen LogP contribution in [0.1, 0.15) is 206 Å². The SMILES string of the molecule is CCCCCC=CCC=CCCCCCCCCCCCC(=O)O[C@@H](CO)COC(=O)CCCCCCCCCC=CCC=CCCCCC. The Balaban J connectivity index is 3.56. The van der Waals surface area contributed by atoms with Gasteiger partial charge in [0.05, 0.1) is 6.61 Å². The van der Waals surface area contributed by atoms with Crippen LogP contribution in [0.3, 0.4) is 0 Å². The molecule has 0 spiro atoms. The van der Waals surface area contributed by atoms with Crippen LogP contribution in [0.15, 0.2) is 48.6 Å². The summed E-state index contributed by atoms with van der Waals surface area (Å²) in [6.07, 6.45) is 51.7. The molecular weight excluding hydrogens is 620 g/mol. The molecule has 0 bridgehead atoms. The number of esters is 2. The summed E-state index contributed by atoms with van der Waals surface area (Å²) in [7, 11) is 0. The fourth-order valence-corrected chi connectivity index (χ4v) is 5.85. The second kappa shape index (κ2) is 41.3. The molecule has 290 valence electrons. The molecule has 0 aliphatic heterocycles. The van der Waals surface area contributed by atoms with E-state index in [2.05, 4.69) is 62.5 Å². The molecule has 50 heavy (non-hydrogen) atoms. The quantitative estimate of drug-likeness (QED) is 0.0394. The number of hydrogen-bond donors (Lipinski definition) is 1. The van der Waals surface area contributed by atoms with Crippen molar-refractivity contribution >= 4 is 11.9 Å². The lowest BCUT2D eigenvalue weighted by atomic mass is 10.1. The van der Waals surface area contributed by atoms with Gasteiger partial charge in [-0.15, -0.1) is 0 Å². The molecule has 0 aromatic carbocycles. The zero-order valence-corrected chi connectivity index (χ0v) is 32.9. The van der Waals surface area contributed by atoms with Gasteiger partial charge in [-0.25, -0.2) is 0 Å². The Morgan fingerprint density at radius 1 is 0.460 bits per heavy atom. The van der Waals surface area contributed by atoms with Gasteiger partial charge in [-0.2, -0.15) is 0 Å². The highest BCUT2D eigenvalue weighted by molar-refractivity contribution is 5.70. The fraction of sp³-hybridized carbons (Fsp3) is 0.778. The number of rotatable bonds is 38. The van der Waals surface area contributed by atoms with E-state index in [9.17, 15) is 14.7 Å². The summed E-state index contributed by atoms with van der Waals surface area (Å²) in [5.74, 6) is -0.603. The van der Waals surface area contributed by atoms with Crippen molar-refractivity contribution in [2.24, 2.45) is 0 Å². The van der Waals surface area contributed by atoms with Gasteiger partial charge in [0.25, 0.3) is 0 Å². The van der Waals surface area contributed by atoms with Crippen LogP contribution in [0.25, 0.3) is 0 Å². The largest absolute Gasteiger partial charge is 0.462 e. The first-order valence-corrected chi connectivity index (χ1v) is 21.2. The zero-order valence-electron chi connectivity index (χ0n) is 32.9. The average Bonchev–Trinajstić information content (AvgIpc) is 3.12. The Morgan fingerprint density at radius 3 is 1.18 bits per heavy atom. The van der Waals surface area contributed by atoms with E-state index in [0.717, 1.165) is 57.8 Å². The summed E-state index contributed by atoms with van der Waals surface area (Å²) in [6.45, 7) is 4.08. The Bertz CT molecular complexity index is 842. The van der Waals surface area contributed by atoms with E-state index in [1.54, 1.807) is 0 Å². The molecule has 0 amide bonds. The van der Waals surface area contributed by atoms with Gasteiger partial charge in [-0.3, -0.25) is 9.59 Å². The van der Waals surface area contributed by atoms with Crippen LogP contribution in [0, 0.1) is 0 Å². The van der Waals surface area contributed by atoms with E-state index in [1.165, 1.54) is 122 Å². The van der Waals surface area contributed by atoms with Crippen molar-refractivity contribution in [3.05, 3.63) is 48.6 Å². The van der Waals surface area contributed by atoms with Gasteiger partial charge in [0, 0.05) is 12.8 Å². The molecule has 0 fully saturated rings. The molecule has 5 nitrogen and oxygen atoms in total. The molecule has 0 aliphatic rings. The van der Waals surface area contributed by atoms with E-state index in [1.807, 2.05) is 0 Å². The van der Waals surface area contributed by atoms with E-state index < -0.39 is 6.10 Å². The summed E-state index contributed by atoms with van der Waals surface area (Å²) in [5.41, 5.74) is 0. The maximum atomic E-state index is 12.2. The second-order valence-corrected chi connectivity index (χ2v) is 14.1. The van der Waals surface area contributed by atoms with Gasteiger partial charge in [0.15, 0.2) is 6.10 Å². The summed E-state index contributed by atoms with van der Waals surface area (Å²) in [5, 5.41) is 9.57. The predicted molar refractivity (Wildman–Crippen MR) is 214 cm³/mol. The maximum absolute atomic E-state index is 12.2. The first-order chi connectivity index (χ1) is 24.6. The van der Waals surface area contributed by atoms with Crippen molar-refractivity contribution < 1.29 is 24.2 Å². The highest BCUT2D eigenvalue weighted by Crippen LogP contribution is 2.14. The lowest BCUT2D eigenvalue weighted by molar-refractivity contribution is -0.161. The predicted octanol–water partition coefficient (Wildman–Crippen LogP) is 13.4. The molecule has 5 heteroatoms. The molecule has 0 unspecified atom stereocenters. The monoisotopic (exact) mass is 701 g/mol. The molecule has 1 atom stereocenters. The van der Waals surface area contributed by atoms with Gasteiger partial charge in [-0.05, 0) is 77.0 Å². The van der Waals surface area contributed by atoms with Gasteiger partial charge in [0.2, 0.25) is 0 Å². The molecule has 0 heterocycles. The highest BCUT2D eigenvalue weighted by Gasteiger charge is 2.16. The standard InChI is InChI=1S/C45H80O5/c1-3-5-7-9-11-13-15-17-19-21-22-24-26-28-30-32-34-36-38-40-45(48)50-43(41-46)42-49-44(47)39-37-35-33-31-29-27-25-23-20-18-16-14-12-10-8-6-4-2/h11-14,17-20,43,46H,3-10,15-16,21-42H2,1-2H3/t43-/m0/s1. The molecular formula is C45H80O5. The van der Waals surface area contributed by atoms with E-state index >= 15 is 0 Å². The molecule has 0 aromatic heterocycles. The Morgan fingerprint density at radius 2 is 0.800 bits per heavy atom. The fourth-order valence-electron chi connectivity index (χ4n) is 5.85. The van der Waals surface area contributed by atoms with Crippen molar-refractivity contribution in [3.8, 4) is 0 Å². The minimum atomic E-state index is -0.777. The van der Waals surface area contributed by atoms with E-state index in [4.69, 9.17) is 9.47 Å². The van der Waals surface area contributed by atoms with Gasteiger partial charge >= 0.3 is 11.9 Å². The van der Waals surface area contributed by atoms with Gasteiger partial charge in [0.1, 0.15) is 6.61 Å². The minimum absolute atomic E-state index is 0.0718. The summed E-state index contributed by atoms with van der Waals surface area (Å²) < 4.78 is 10.6. The number of carbonyl (C=O) groups excluding carboxylic acids is 2. The minimum Gasteiger partial charge on any atom is -0.462 e. The van der Waals surface area contributed by atoms with Crippen LogP contribution in [0.4, 0.5) is 0 Å². The molecule has 0 radical (unpaired) electrons. The Hall–Kier alpha value is -2.14. The topological polar surface area (TPSA) is 72.8 Å². The number of unbranched alkanes of at least 4 members (excludes halogenated alkanes) is 22. The lowest BCUT2D eigenvalue weighted by Crippen LogP contribution is -2.28. The number of carbonyl (C=O) groups is 2.